The van der Waals surface area contributed by atoms with Crippen LogP contribution in [-0.2, 0) is 9.84 Å². The van der Waals surface area contributed by atoms with E-state index in [0.29, 0.717) is 17.3 Å². The summed E-state index contributed by atoms with van der Waals surface area (Å²) in [6.45, 7) is 4.35. The number of thiophene rings is 1. The molecule has 1 aromatic carbocycles. The first-order chi connectivity index (χ1) is 14.4. The molecule has 3 fully saturated rings. The molecule has 30 heavy (non-hydrogen) atoms. The van der Waals surface area contributed by atoms with Crippen LogP contribution in [-0.4, -0.2) is 49.4 Å². The van der Waals surface area contributed by atoms with Crippen molar-refractivity contribution in [3.63, 3.8) is 0 Å². The van der Waals surface area contributed by atoms with E-state index in [4.69, 9.17) is 0 Å². The van der Waals surface area contributed by atoms with E-state index >= 15 is 0 Å². The monoisotopic (exact) mass is 441 g/mol. The molecule has 3 aromatic rings. The molecule has 0 radical (unpaired) electrons. The van der Waals surface area contributed by atoms with E-state index in [1.807, 2.05) is 0 Å². The van der Waals surface area contributed by atoms with E-state index in [9.17, 15) is 13.2 Å². The Morgan fingerprint density at radius 3 is 2.63 bits per heavy atom. The Hall–Kier alpha value is -2.29. The quantitative estimate of drug-likeness (QED) is 0.672. The Bertz CT molecular complexity index is 1200. The second-order valence-corrected chi connectivity index (χ2v) is 10.9. The van der Waals surface area contributed by atoms with Crippen LogP contribution in [0.3, 0.4) is 0 Å². The van der Waals surface area contributed by atoms with Crippen molar-refractivity contribution < 1.29 is 13.2 Å². The molecule has 3 saturated heterocycles. The molecule has 0 saturated carbocycles. The summed E-state index contributed by atoms with van der Waals surface area (Å²) >= 11 is 1.32. The van der Waals surface area contributed by atoms with Crippen LogP contribution >= 0.6 is 11.3 Å². The highest BCUT2D eigenvalue weighted by molar-refractivity contribution is 7.92. The fourth-order valence-electron chi connectivity index (χ4n) is 4.74. The number of hydrogen-bond acceptors (Lipinski definition) is 6. The Balaban J connectivity index is 1.47. The fraction of sp³-hybridized carbons (Fsp3) is 0.364. The van der Waals surface area contributed by atoms with Crippen LogP contribution in [0.4, 0.5) is 0 Å². The highest BCUT2D eigenvalue weighted by Crippen LogP contribution is 2.34. The molecule has 1 N–H and O–H groups in total. The van der Waals surface area contributed by atoms with Gasteiger partial charge in [-0.15, -0.1) is 11.3 Å². The maximum absolute atomic E-state index is 13.1. The maximum Gasteiger partial charge on any atom is 0.270 e. The number of nitrogens with one attached hydrogen (secondary N) is 1. The second kappa shape index (κ2) is 7.44. The number of carbonyl (C=O) groups is 1. The van der Waals surface area contributed by atoms with Crippen molar-refractivity contribution in [1.29, 1.82) is 0 Å². The highest BCUT2D eigenvalue weighted by Gasteiger charge is 2.40. The number of pyridine rings is 1. The third-order valence-electron chi connectivity index (χ3n) is 6.48. The van der Waals surface area contributed by atoms with Gasteiger partial charge in [0.05, 0.1) is 14.5 Å². The standard InChI is InChI=1S/C22H23N3O3S2/c1-14-21(15-7-9-25(14)10-8-15)24-22(26)18-11-17-19(12-23-18)29-13-20(17)30(27,28)16-5-3-2-4-6-16/h2-6,11-15,21H,7-10H2,1H3,(H,24,26)/t14-,21-/m0/s1. The summed E-state index contributed by atoms with van der Waals surface area (Å²) in [6.07, 6.45) is 3.80. The van der Waals surface area contributed by atoms with Crippen molar-refractivity contribution in [2.75, 3.05) is 13.1 Å². The number of sulfone groups is 1. The average molecular weight is 442 g/mol. The second-order valence-electron chi connectivity index (χ2n) is 8.10. The smallest absolute Gasteiger partial charge is 0.270 e. The van der Waals surface area contributed by atoms with E-state index in [1.165, 1.54) is 11.3 Å². The van der Waals surface area contributed by atoms with E-state index in [0.717, 1.165) is 30.6 Å². The molecule has 5 heterocycles. The van der Waals surface area contributed by atoms with Crippen molar-refractivity contribution in [3.05, 3.63) is 53.7 Å². The normalized spacial score (nSPS) is 26.0. The number of rotatable bonds is 4. The van der Waals surface area contributed by atoms with Crippen molar-refractivity contribution >= 4 is 37.2 Å². The first kappa shape index (κ1) is 19.7. The van der Waals surface area contributed by atoms with Gasteiger partial charge in [-0.2, -0.15) is 0 Å². The summed E-state index contributed by atoms with van der Waals surface area (Å²) in [5.41, 5.74) is 0.258. The Morgan fingerprint density at radius 1 is 1.20 bits per heavy atom. The Labute approximate surface area is 179 Å². The minimum atomic E-state index is -3.66. The molecule has 8 heteroatoms. The molecule has 2 bridgehead atoms. The summed E-state index contributed by atoms with van der Waals surface area (Å²) in [5, 5.41) is 5.35. The minimum absolute atomic E-state index is 0.104. The number of hydrogen-bond donors (Lipinski definition) is 1. The number of amides is 1. The van der Waals surface area contributed by atoms with Crippen LogP contribution in [0, 0.1) is 5.92 Å². The van der Waals surface area contributed by atoms with Gasteiger partial charge in [0.25, 0.3) is 5.91 Å². The van der Waals surface area contributed by atoms with E-state index in [-0.39, 0.29) is 27.4 Å². The fourth-order valence-corrected chi connectivity index (χ4v) is 7.45. The van der Waals surface area contributed by atoms with Gasteiger partial charge < -0.3 is 5.32 Å². The molecule has 6 nitrogen and oxygen atoms in total. The molecule has 156 valence electrons. The minimum Gasteiger partial charge on any atom is -0.346 e. The van der Waals surface area contributed by atoms with E-state index in [1.54, 1.807) is 48.0 Å². The van der Waals surface area contributed by atoms with Crippen LogP contribution in [0.1, 0.15) is 30.3 Å². The lowest BCUT2D eigenvalue weighted by Crippen LogP contribution is -2.62. The Morgan fingerprint density at radius 2 is 1.93 bits per heavy atom. The van der Waals surface area contributed by atoms with Gasteiger partial charge in [0.15, 0.2) is 0 Å². The lowest BCUT2D eigenvalue weighted by atomic mass is 9.79. The number of nitrogens with zero attached hydrogens (tertiary/aromatic N) is 2. The summed E-state index contributed by atoms with van der Waals surface area (Å²) in [5.74, 6) is 0.254. The third kappa shape index (κ3) is 3.23. The summed E-state index contributed by atoms with van der Waals surface area (Å²) in [6, 6.07) is 10.4. The van der Waals surface area contributed by atoms with Crippen molar-refractivity contribution in [1.82, 2.24) is 15.2 Å². The highest BCUT2D eigenvalue weighted by atomic mass is 32.2. The van der Waals surface area contributed by atoms with Gasteiger partial charge in [-0.05, 0) is 57.0 Å². The zero-order valence-electron chi connectivity index (χ0n) is 16.6. The first-order valence-corrected chi connectivity index (χ1v) is 12.5. The summed E-state index contributed by atoms with van der Waals surface area (Å²) in [4.78, 5) is 20.2. The van der Waals surface area contributed by atoms with Gasteiger partial charge in [-0.3, -0.25) is 9.69 Å². The number of piperidine rings is 3. The number of fused-ring (bicyclic) bond motifs is 4. The predicted octanol–water partition coefficient (Wildman–Crippen LogP) is 3.34. The van der Waals surface area contributed by atoms with Crippen molar-refractivity contribution in [2.24, 2.45) is 5.92 Å². The number of aromatic nitrogens is 1. The van der Waals surface area contributed by atoms with Crippen LogP contribution in [0.15, 0.2) is 57.8 Å². The van der Waals surface area contributed by atoms with Crippen LogP contribution in [0.5, 0.6) is 0 Å². The summed E-state index contributed by atoms with van der Waals surface area (Å²) < 4.78 is 27.0. The zero-order chi connectivity index (χ0) is 20.9. The molecular weight excluding hydrogens is 418 g/mol. The molecule has 1 amide bonds. The van der Waals surface area contributed by atoms with Crippen molar-refractivity contribution in [2.45, 2.75) is 41.6 Å². The van der Waals surface area contributed by atoms with Crippen LogP contribution in [0.25, 0.3) is 10.1 Å². The largest absolute Gasteiger partial charge is 0.346 e. The van der Waals surface area contributed by atoms with Crippen molar-refractivity contribution in [3.8, 4) is 0 Å². The van der Waals surface area contributed by atoms with Gasteiger partial charge in [-0.25, -0.2) is 13.4 Å². The maximum atomic E-state index is 13.1. The van der Waals surface area contributed by atoms with Gasteiger partial charge in [0.1, 0.15) is 5.69 Å². The molecule has 0 spiro atoms. The average Bonchev–Trinajstić information content (AvgIpc) is 3.21. The van der Waals surface area contributed by atoms with E-state index in [2.05, 4.69) is 22.1 Å². The van der Waals surface area contributed by atoms with Crippen LogP contribution < -0.4 is 5.32 Å². The van der Waals surface area contributed by atoms with Gasteiger partial charge >= 0.3 is 0 Å². The number of carbonyl (C=O) groups excluding carboxylic acids is 1. The molecule has 6 rings (SSSR count). The number of benzene rings is 1. The lowest BCUT2D eigenvalue weighted by molar-refractivity contribution is 0.0216. The third-order valence-corrected chi connectivity index (χ3v) is 9.37. The Kier molecular flexibility index (Phi) is 4.88. The molecule has 2 atom stereocenters. The first-order valence-electron chi connectivity index (χ1n) is 10.2. The molecule has 3 aliphatic rings. The topological polar surface area (TPSA) is 79.4 Å². The zero-order valence-corrected chi connectivity index (χ0v) is 18.2. The molecular formula is C22H23N3O3S2. The van der Waals surface area contributed by atoms with E-state index < -0.39 is 9.84 Å². The summed E-state index contributed by atoms with van der Waals surface area (Å²) in [7, 11) is -3.66. The molecule has 0 aliphatic carbocycles. The van der Waals surface area contributed by atoms with Crippen LogP contribution in [0.2, 0.25) is 0 Å². The van der Waals surface area contributed by atoms with Gasteiger partial charge in [-0.1, -0.05) is 18.2 Å². The lowest BCUT2D eigenvalue weighted by Gasteiger charge is -2.49. The van der Waals surface area contributed by atoms with Gasteiger partial charge in [0, 0.05) is 29.0 Å². The SMILES string of the molecule is C[C@H]1[C@H](NC(=O)c2cc3c(S(=O)(=O)c4ccccc4)csc3cn2)C2CCN1CC2. The molecule has 0 unspecified atom stereocenters. The van der Waals surface area contributed by atoms with Gasteiger partial charge in [0.2, 0.25) is 9.84 Å². The predicted molar refractivity (Wildman–Crippen MR) is 117 cm³/mol. The molecule has 3 aliphatic heterocycles. The molecule has 2 aromatic heterocycles.